The van der Waals surface area contributed by atoms with Crippen LogP contribution in [0.1, 0.15) is 60.8 Å². The Morgan fingerprint density at radius 2 is 1.74 bits per heavy atom. The summed E-state index contributed by atoms with van der Waals surface area (Å²) in [6, 6.07) is 0. The molecule has 0 saturated heterocycles. The first kappa shape index (κ1) is 25.1. The normalized spacial score (nSPS) is 44.0. The van der Waals surface area contributed by atoms with Gasteiger partial charge < -0.3 is 24.8 Å². The molecule has 188 valence electrons. The lowest BCUT2D eigenvalue weighted by Crippen LogP contribution is -2.66. The molecule has 0 aliphatic heterocycles. The number of aliphatic hydroxyl groups excluding tert-OH is 1. The molecule has 2 fully saturated rings. The summed E-state index contributed by atoms with van der Waals surface area (Å²) in [5.74, 6) is -4.30. The first-order chi connectivity index (χ1) is 15.8. The molecule has 8 atom stereocenters. The summed E-state index contributed by atoms with van der Waals surface area (Å²) in [7, 11) is 0. The maximum absolute atomic E-state index is 13.1. The average molecular weight is 477 g/mol. The monoisotopic (exact) mass is 476 g/mol. The number of carbonyl (C=O) groups is 3. The van der Waals surface area contributed by atoms with Crippen LogP contribution in [-0.4, -0.2) is 62.6 Å². The van der Waals surface area contributed by atoms with Crippen molar-refractivity contribution >= 4 is 17.7 Å². The number of hydrogen-bond acceptors (Lipinski definition) is 8. The molecule has 0 spiro atoms. The highest BCUT2D eigenvalue weighted by Crippen LogP contribution is 2.77. The van der Waals surface area contributed by atoms with Gasteiger partial charge in [0.25, 0.3) is 0 Å². The largest absolute Gasteiger partial charge is 0.458 e. The zero-order valence-corrected chi connectivity index (χ0v) is 20.8. The lowest BCUT2D eigenvalue weighted by atomic mass is 9.59. The van der Waals surface area contributed by atoms with E-state index in [4.69, 9.17) is 9.47 Å². The average Bonchev–Trinajstić information content (AvgIpc) is 3.22. The SMILES string of the molecule is CCC(=O)O[C@@H]1[C@@H](C)[C@@]2(O)[C@@H](C=C(CO)C[C@]3(O)C(=O)C(C)=C[C@@H]23)C2C(C)(C)[C@@]21OC(=O)CC. The standard InChI is InChI=1S/C26H36O8/c1-7-18(28)33-22-14(4)25(32)16(20-23(5,6)26(20,22)34-19(29)8-2)10-15(12-27)11-24(31)17(25)9-13(3)21(24)30/h9-10,14,16-17,20,22,27,31-32H,7-8,11-12H2,1-6H3/t14-,16+,17-,20?,22-,24-,25-,26-/m1/s1. The van der Waals surface area contributed by atoms with E-state index in [2.05, 4.69) is 0 Å². The Bertz CT molecular complexity index is 995. The zero-order valence-electron chi connectivity index (χ0n) is 20.8. The number of aliphatic hydroxyl groups is 3. The fraction of sp³-hybridized carbons (Fsp3) is 0.731. The summed E-state index contributed by atoms with van der Waals surface area (Å²) in [6.07, 6.45) is 2.51. The molecular weight excluding hydrogens is 440 g/mol. The Labute approximate surface area is 200 Å². The van der Waals surface area contributed by atoms with Crippen LogP contribution in [-0.2, 0) is 23.9 Å². The Morgan fingerprint density at radius 1 is 1.12 bits per heavy atom. The van der Waals surface area contributed by atoms with Gasteiger partial charge in [-0.25, -0.2) is 0 Å². The molecular formula is C26H36O8. The van der Waals surface area contributed by atoms with Gasteiger partial charge in [-0.15, -0.1) is 0 Å². The van der Waals surface area contributed by atoms with Crippen molar-refractivity contribution in [3.63, 3.8) is 0 Å². The number of esters is 2. The molecule has 8 heteroatoms. The smallest absolute Gasteiger partial charge is 0.306 e. The van der Waals surface area contributed by atoms with Crippen LogP contribution in [0.5, 0.6) is 0 Å². The van der Waals surface area contributed by atoms with E-state index in [0.29, 0.717) is 11.1 Å². The maximum atomic E-state index is 13.1. The minimum absolute atomic E-state index is 0.105. The van der Waals surface area contributed by atoms with Gasteiger partial charge in [-0.1, -0.05) is 46.8 Å². The summed E-state index contributed by atoms with van der Waals surface area (Å²) in [5.41, 5.74) is -4.69. The summed E-state index contributed by atoms with van der Waals surface area (Å²) in [5, 5.41) is 34.2. The lowest BCUT2D eigenvalue weighted by molar-refractivity contribution is -0.228. The number of rotatable bonds is 5. The molecule has 8 nitrogen and oxygen atoms in total. The number of Topliss-reactive ketones (excluding diaryl/α,β-unsaturated/α-hetero) is 1. The molecule has 4 rings (SSSR count). The molecule has 1 unspecified atom stereocenters. The third-order valence-corrected chi connectivity index (χ3v) is 9.08. The number of ether oxygens (including phenoxy) is 2. The van der Waals surface area contributed by atoms with Gasteiger partial charge in [0.15, 0.2) is 11.4 Å². The van der Waals surface area contributed by atoms with Crippen LogP contribution >= 0.6 is 0 Å². The summed E-state index contributed by atoms with van der Waals surface area (Å²) < 4.78 is 12.0. The van der Waals surface area contributed by atoms with E-state index >= 15 is 0 Å². The predicted octanol–water partition coefficient (Wildman–Crippen LogP) is 1.85. The molecule has 3 N–H and O–H groups in total. The van der Waals surface area contributed by atoms with Crippen LogP contribution in [0.4, 0.5) is 0 Å². The second-order valence-electron chi connectivity index (χ2n) is 11.0. The lowest BCUT2D eigenvalue weighted by Gasteiger charge is -2.53. The predicted molar refractivity (Wildman–Crippen MR) is 121 cm³/mol. The van der Waals surface area contributed by atoms with Crippen LogP contribution in [0.15, 0.2) is 23.3 Å². The van der Waals surface area contributed by atoms with Gasteiger partial charge in [0.1, 0.15) is 11.7 Å². The molecule has 0 bridgehead atoms. The van der Waals surface area contributed by atoms with Crippen molar-refractivity contribution < 1.29 is 39.2 Å². The molecule has 4 aliphatic carbocycles. The highest BCUT2D eigenvalue weighted by Gasteiger charge is 2.87. The molecule has 34 heavy (non-hydrogen) atoms. The highest BCUT2D eigenvalue weighted by atomic mass is 16.6. The molecule has 0 aromatic carbocycles. The van der Waals surface area contributed by atoms with Crippen molar-refractivity contribution in [2.75, 3.05) is 6.61 Å². The maximum Gasteiger partial charge on any atom is 0.306 e. The van der Waals surface area contributed by atoms with Crippen LogP contribution in [0, 0.1) is 29.1 Å². The highest BCUT2D eigenvalue weighted by molar-refractivity contribution is 6.04. The van der Waals surface area contributed by atoms with E-state index in [9.17, 15) is 29.7 Å². The van der Waals surface area contributed by atoms with Gasteiger partial charge in [-0.3, -0.25) is 14.4 Å². The Morgan fingerprint density at radius 3 is 2.29 bits per heavy atom. The van der Waals surface area contributed by atoms with Crippen molar-refractivity contribution in [1.82, 2.24) is 0 Å². The van der Waals surface area contributed by atoms with Crippen molar-refractivity contribution in [2.24, 2.45) is 29.1 Å². The molecule has 0 amide bonds. The molecule has 0 heterocycles. The fourth-order valence-corrected chi connectivity index (χ4v) is 7.31. The minimum atomic E-state index is -1.92. The topological polar surface area (TPSA) is 130 Å². The number of carbonyl (C=O) groups excluding carboxylic acids is 3. The van der Waals surface area contributed by atoms with Gasteiger partial charge in [0.2, 0.25) is 0 Å². The van der Waals surface area contributed by atoms with E-state index in [-0.39, 0.29) is 25.9 Å². The number of ketones is 1. The number of fused-ring (bicyclic) bond motifs is 5. The van der Waals surface area contributed by atoms with E-state index in [0.717, 1.165) is 0 Å². The van der Waals surface area contributed by atoms with Gasteiger partial charge in [0, 0.05) is 48.3 Å². The third kappa shape index (κ3) is 2.91. The van der Waals surface area contributed by atoms with Gasteiger partial charge >= 0.3 is 11.9 Å². The van der Waals surface area contributed by atoms with Crippen molar-refractivity contribution in [3.05, 3.63) is 23.3 Å². The van der Waals surface area contributed by atoms with Crippen molar-refractivity contribution in [3.8, 4) is 0 Å². The molecule has 0 radical (unpaired) electrons. The van der Waals surface area contributed by atoms with E-state index in [1.807, 2.05) is 13.8 Å². The zero-order chi connectivity index (χ0) is 25.4. The number of hydrogen-bond donors (Lipinski definition) is 3. The summed E-state index contributed by atoms with van der Waals surface area (Å²) in [6.45, 7) is 10.1. The molecule has 2 saturated carbocycles. The third-order valence-electron chi connectivity index (χ3n) is 9.08. The van der Waals surface area contributed by atoms with E-state index in [1.54, 1.807) is 39.8 Å². The van der Waals surface area contributed by atoms with Crippen LogP contribution < -0.4 is 0 Å². The fourth-order valence-electron chi connectivity index (χ4n) is 7.31. The second kappa shape index (κ2) is 7.73. The molecule has 4 aliphatic rings. The summed E-state index contributed by atoms with van der Waals surface area (Å²) >= 11 is 0. The van der Waals surface area contributed by atoms with Gasteiger partial charge in [-0.05, 0) is 18.1 Å². The molecule has 0 aromatic rings. The van der Waals surface area contributed by atoms with E-state index < -0.39 is 69.7 Å². The minimum Gasteiger partial charge on any atom is -0.458 e. The van der Waals surface area contributed by atoms with Crippen LogP contribution in [0.3, 0.4) is 0 Å². The van der Waals surface area contributed by atoms with E-state index in [1.165, 1.54) is 0 Å². The Hall–Kier alpha value is -2.03. The first-order valence-electron chi connectivity index (χ1n) is 12.2. The van der Waals surface area contributed by atoms with Crippen molar-refractivity contribution in [2.45, 2.75) is 83.7 Å². The van der Waals surface area contributed by atoms with Crippen molar-refractivity contribution in [1.29, 1.82) is 0 Å². The Balaban J connectivity index is 1.95. The second-order valence-corrected chi connectivity index (χ2v) is 11.0. The Kier molecular flexibility index (Phi) is 5.70. The van der Waals surface area contributed by atoms with Gasteiger partial charge in [-0.2, -0.15) is 0 Å². The van der Waals surface area contributed by atoms with Gasteiger partial charge in [0.05, 0.1) is 12.2 Å². The quantitative estimate of drug-likeness (QED) is 0.405. The first-order valence-corrected chi connectivity index (χ1v) is 12.2. The summed E-state index contributed by atoms with van der Waals surface area (Å²) in [4.78, 5) is 38.2. The van der Waals surface area contributed by atoms with Crippen LogP contribution in [0.2, 0.25) is 0 Å². The van der Waals surface area contributed by atoms with Crippen LogP contribution in [0.25, 0.3) is 0 Å². The molecule has 0 aromatic heterocycles.